The van der Waals surface area contributed by atoms with Gasteiger partial charge in [0.1, 0.15) is 0 Å². The molecule has 0 fully saturated rings. The molecule has 0 spiro atoms. The summed E-state index contributed by atoms with van der Waals surface area (Å²) in [4.78, 5) is 10.2. The molecule has 0 aromatic rings. The zero-order valence-electron chi connectivity index (χ0n) is 12.5. The number of hydrogen-bond acceptors (Lipinski definition) is 1. The van der Waals surface area contributed by atoms with E-state index in [0.29, 0.717) is 5.92 Å². The standard InChI is InChI=1S/C17H26O2/c1-5-14(2)12-16(4)13-15(3)10-8-6-7-9-11-17(18)19/h6-11,13-14,16H,5,12H2,1-4H3,(H,18,19)/b7-6+,10-8+,11-9+,15-13+/t14-,16-/m1/s1. The van der Waals surface area contributed by atoms with Crippen LogP contribution in [0.3, 0.4) is 0 Å². The SMILES string of the molecule is CC[C@@H](C)C[C@@H](C)/C=C(C)/C=C/C=C/C=C/C(=O)O. The summed E-state index contributed by atoms with van der Waals surface area (Å²) in [7, 11) is 0. The maximum Gasteiger partial charge on any atom is 0.328 e. The van der Waals surface area contributed by atoms with Crippen LogP contribution in [0, 0.1) is 11.8 Å². The predicted molar refractivity (Wildman–Crippen MR) is 82.0 cm³/mol. The quantitative estimate of drug-likeness (QED) is 0.506. The molecular weight excluding hydrogens is 236 g/mol. The third kappa shape index (κ3) is 11.3. The number of carbonyl (C=O) groups is 1. The first kappa shape index (κ1) is 17.4. The fourth-order valence-electron chi connectivity index (χ4n) is 1.85. The normalized spacial score (nSPS) is 16.5. The average molecular weight is 262 g/mol. The molecule has 0 aliphatic heterocycles. The molecule has 0 bridgehead atoms. The first-order valence-electron chi connectivity index (χ1n) is 6.88. The minimum Gasteiger partial charge on any atom is -0.478 e. The fourth-order valence-corrected chi connectivity index (χ4v) is 1.85. The molecule has 0 radical (unpaired) electrons. The van der Waals surface area contributed by atoms with Crippen LogP contribution in [0.2, 0.25) is 0 Å². The van der Waals surface area contributed by atoms with Crippen LogP contribution in [0.15, 0.2) is 48.1 Å². The topological polar surface area (TPSA) is 37.3 Å². The smallest absolute Gasteiger partial charge is 0.328 e. The van der Waals surface area contributed by atoms with Gasteiger partial charge < -0.3 is 5.11 Å². The van der Waals surface area contributed by atoms with Gasteiger partial charge in [-0.15, -0.1) is 0 Å². The van der Waals surface area contributed by atoms with Crippen LogP contribution in [-0.4, -0.2) is 11.1 Å². The van der Waals surface area contributed by atoms with Gasteiger partial charge in [-0.2, -0.15) is 0 Å². The van der Waals surface area contributed by atoms with Gasteiger partial charge in [-0.05, 0) is 25.2 Å². The van der Waals surface area contributed by atoms with E-state index in [1.54, 1.807) is 6.08 Å². The summed E-state index contributed by atoms with van der Waals surface area (Å²) in [6, 6.07) is 0. The van der Waals surface area contributed by atoms with Gasteiger partial charge in [-0.3, -0.25) is 0 Å². The van der Waals surface area contributed by atoms with Crippen molar-refractivity contribution in [3.05, 3.63) is 48.1 Å². The molecule has 0 saturated heterocycles. The van der Waals surface area contributed by atoms with Crippen molar-refractivity contribution in [2.45, 2.75) is 40.5 Å². The van der Waals surface area contributed by atoms with Crippen LogP contribution in [0.1, 0.15) is 40.5 Å². The summed E-state index contributed by atoms with van der Waals surface area (Å²) in [5.41, 5.74) is 1.24. The number of allylic oxidation sites excluding steroid dienone is 7. The zero-order valence-corrected chi connectivity index (χ0v) is 12.5. The Morgan fingerprint density at radius 1 is 1.11 bits per heavy atom. The number of rotatable bonds is 8. The molecule has 0 aromatic heterocycles. The highest BCUT2D eigenvalue weighted by Gasteiger charge is 2.04. The molecule has 0 aliphatic carbocycles. The highest BCUT2D eigenvalue weighted by Crippen LogP contribution is 2.17. The summed E-state index contributed by atoms with van der Waals surface area (Å²) in [5.74, 6) is 0.433. The largest absolute Gasteiger partial charge is 0.478 e. The number of carboxylic acid groups (broad SMARTS) is 1. The van der Waals surface area contributed by atoms with Crippen LogP contribution < -0.4 is 0 Å². The van der Waals surface area contributed by atoms with Gasteiger partial charge in [-0.25, -0.2) is 4.79 Å². The van der Waals surface area contributed by atoms with E-state index in [-0.39, 0.29) is 0 Å². The van der Waals surface area contributed by atoms with Crippen LogP contribution in [0.5, 0.6) is 0 Å². The van der Waals surface area contributed by atoms with E-state index in [4.69, 9.17) is 5.11 Å². The second kappa shape index (κ2) is 10.4. The van der Waals surface area contributed by atoms with Crippen molar-refractivity contribution in [2.75, 3.05) is 0 Å². The monoisotopic (exact) mass is 262 g/mol. The van der Waals surface area contributed by atoms with E-state index in [2.05, 4.69) is 33.8 Å². The van der Waals surface area contributed by atoms with Crippen LogP contribution in [0.25, 0.3) is 0 Å². The minimum absolute atomic E-state index is 0.593. The molecular formula is C17H26O2. The Morgan fingerprint density at radius 3 is 2.21 bits per heavy atom. The van der Waals surface area contributed by atoms with Gasteiger partial charge in [0.05, 0.1) is 0 Å². The summed E-state index contributed by atoms with van der Waals surface area (Å²) < 4.78 is 0. The van der Waals surface area contributed by atoms with Crippen molar-refractivity contribution in [3.8, 4) is 0 Å². The molecule has 0 saturated carbocycles. The van der Waals surface area contributed by atoms with Gasteiger partial charge >= 0.3 is 5.97 Å². The second-order valence-corrected chi connectivity index (χ2v) is 5.08. The van der Waals surface area contributed by atoms with Crippen molar-refractivity contribution in [3.63, 3.8) is 0 Å². The molecule has 0 unspecified atom stereocenters. The zero-order chi connectivity index (χ0) is 14.7. The molecule has 0 amide bonds. The highest BCUT2D eigenvalue weighted by atomic mass is 16.4. The van der Waals surface area contributed by atoms with E-state index < -0.39 is 5.97 Å². The van der Waals surface area contributed by atoms with Gasteiger partial charge in [0.2, 0.25) is 0 Å². The summed E-state index contributed by atoms with van der Waals surface area (Å²) in [6.45, 7) is 8.84. The van der Waals surface area contributed by atoms with Gasteiger partial charge in [-0.1, -0.05) is 69.2 Å². The van der Waals surface area contributed by atoms with E-state index in [0.717, 1.165) is 12.0 Å². The van der Waals surface area contributed by atoms with Crippen molar-refractivity contribution in [1.29, 1.82) is 0 Å². The summed E-state index contributed by atoms with van der Waals surface area (Å²) >= 11 is 0. The first-order chi connectivity index (χ1) is 8.95. The molecule has 19 heavy (non-hydrogen) atoms. The lowest BCUT2D eigenvalue weighted by Crippen LogP contribution is -1.99. The molecule has 0 rings (SSSR count). The number of hydrogen-bond donors (Lipinski definition) is 1. The van der Waals surface area contributed by atoms with Crippen molar-refractivity contribution < 1.29 is 9.90 Å². The van der Waals surface area contributed by atoms with Crippen LogP contribution >= 0.6 is 0 Å². The maximum absolute atomic E-state index is 10.2. The van der Waals surface area contributed by atoms with Gasteiger partial charge in [0.15, 0.2) is 0 Å². The number of carboxylic acids is 1. The molecule has 0 aromatic carbocycles. The molecule has 1 N–H and O–H groups in total. The molecule has 2 nitrogen and oxygen atoms in total. The molecule has 2 heteroatoms. The molecule has 0 heterocycles. The third-order valence-corrected chi connectivity index (χ3v) is 2.95. The number of aliphatic carboxylic acids is 1. The Kier molecular flexibility index (Phi) is 9.51. The van der Waals surface area contributed by atoms with E-state index in [1.165, 1.54) is 24.5 Å². The van der Waals surface area contributed by atoms with Crippen LogP contribution in [-0.2, 0) is 4.79 Å². The first-order valence-corrected chi connectivity index (χ1v) is 6.88. The Balaban J connectivity index is 4.20. The van der Waals surface area contributed by atoms with E-state index in [9.17, 15) is 4.79 Å². The Labute approximate surface area is 117 Å². The Morgan fingerprint density at radius 2 is 1.68 bits per heavy atom. The van der Waals surface area contributed by atoms with Gasteiger partial charge in [0.25, 0.3) is 0 Å². The van der Waals surface area contributed by atoms with Crippen molar-refractivity contribution in [2.24, 2.45) is 11.8 Å². The molecule has 0 aliphatic rings. The van der Waals surface area contributed by atoms with E-state index >= 15 is 0 Å². The van der Waals surface area contributed by atoms with Crippen molar-refractivity contribution in [1.82, 2.24) is 0 Å². The fraction of sp³-hybridized carbons (Fsp3) is 0.471. The second-order valence-electron chi connectivity index (χ2n) is 5.08. The van der Waals surface area contributed by atoms with Crippen molar-refractivity contribution >= 4 is 5.97 Å². The molecule has 2 atom stereocenters. The summed E-state index contributed by atoms with van der Waals surface area (Å²) in [5, 5.41) is 8.40. The molecule has 106 valence electrons. The Hall–Kier alpha value is -1.57. The lowest BCUT2D eigenvalue weighted by atomic mass is 9.94. The highest BCUT2D eigenvalue weighted by molar-refractivity contribution is 5.80. The predicted octanol–water partition coefficient (Wildman–Crippen LogP) is 4.76. The van der Waals surface area contributed by atoms with Crippen LogP contribution in [0.4, 0.5) is 0 Å². The van der Waals surface area contributed by atoms with Gasteiger partial charge in [0, 0.05) is 6.08 Å². The lowest BCUT2D eigenvalue weighted by Gasteiger charge is -2.12. The lowest BCUT2D eigenvalue weighted by molar-refractivity contribution is -0.131. The van der Waals surface area contributed by atoms with E-state index in [1.807, 2.05) is 18.2 Å². The maximum atomic E-state index is 10.2. The average Bonchev–Trinajstić information content (AvgIpc) is 2.32. The minimum atomic E-state index is -0.927. The summed E-state index contributed by atoms with van der Waals surface area (Å²) in [6.07, 6.45) is 14.9. The third-order valence-electron chi connectivity index (χ3n) is 2.95. The Bertz CT molecular complexity index is 373.